The lowest BCUT2D eigenvalue weighted by Gasteiger charge is -2.27. The first-order valence-corrected chi connectivity index (χ1v) is 5.57. The highest BCUT2D eigenvalue weighted by Crippen LogP contribution is 2.17. The van der Waals surface area contributed by atoms with Crippen LogP contribution in [0.2, 0.25) is 0 Å². The zero-order chi connectivity index (χ0) is 12.1. The zero-order valence-corrected chi connectivity index (χ0v) is 10.4. The number of hydrogen-bond acceptors (Lipinski definition) is 5. The van der Waals surface area contributed by atoms with Crippen molar-refractivity contribution in [3.8, 4) is 0 Å². The average Bonchev–Trinajstić information content (AvgIpc) is 2.27. The smallest absolute Gasteiger partial charge is 0.239 e. The van der Waals surface area contributed by atoms with Gasteiger partial charge in [-0.1, -0.05) is 13.8 Å². The van der Waals surface area contributed by atoms with E-state index in [-0.39, 0.29) is 0 Å². The van der Waals surface area contributed by atoms with E-state index in [9.17, 15) is 0 Å². The molecule has 0 saturated heterocycles. The third-order valence-corrected chi connectivity index (χ3v) is 2.61. The largest absolute Gasteiger partial charge is 0.357 e. The molecule has 1 aromatic heterocycles. The van der Waals surface area contributed by atoms with E-state index in [1.807, 2.05) is 13.1 Å². The molecule has 0 bridgehead atoms. The van der Waals surface area contributed by atoms with Gasteiger partial charge in [0, 0.05) is 19.3 Å². The number of rotatable bonds is 5. The van der Waals surface area contributed by atoms with Gasteiger partial charge in [0.15, 0.2) is 0 Å². The highest BCUT2D eigenvalue weighted by molar-refractivity contribution is 5.42. The molecule has 5 heteroatoms. The molecule has 0 aliphatic carbocycles. The molecule has 0 saturated carbocycles. The Morgan fingerprint density at radius 1 is 1.44 bits per heavy atom. The maximum atomic E-state index is 5.28. The van der Waals surface area contributed by atoms with Crippen molar-refractivity contribution < 1.29 is 0 Å². The third-order valence-electron chi connectivity index (χ3n) is 2.61. The molecule has 0 aliphatic rings. The van der Waals surface area contributed by atoms with Gasteiger partial charge in [-0.3, -0.25) is 5.43 Å². The fourth-order valence-electron chi connectivity index (χ4n) is 1.68. The SMILES string of the molecule is CC(C)CC(C)N(C)c1ccnc(NN)n1. The number of anilines is 2. The summed E-state index contributed by atoms with van der Waals surface area (Å²) in [6.45, 7) is 6.63. The fraction of sp³-hybridized carbons (Fsp3) is 0.636. The molecule has 5 nitrogen and oxygen atoms in total. The third kappa shape index (κ3) is 3.34. The second-order valence-corrected chi connectivity index (χ2v) is 4.47. The first-order valence-electron chi connectivity index (χ1n) is 5.57. The van der Waals surface area contributed by atoms with Crippen molar-refractivity contribution in [2.24, 2.45) is 11.8 Å². The number of nitrogens with one attached hydrogen (secondary N) is 1. The van der Waals surface area contributed by atoms with Gasteiger partial charge in [-0.15, -0.1) is 0 Å². The Kier molecular flexibility index (Phi) is 4.49. The minimum absolute atomic E-state index is 0.445. The van der Waals surface area contributed by atoms with Gasteiger partial charge in [0.05, 0.1) is 0 Å². The normalized spacial score (nSPS) is 12.6. The summed E-state index contributed by atoms with van der Waals surface area (Å²) >= 11 is 0. The van der Waals surface area contributed by atoms with Crippen LogP contribution < -0.4 is 16.2 Å². The summed E-state index contributed by atoms with van der Waals surface area (Å²) in [5, 5.41) is 0. The van der Waals surface area contributed by atoms with Gasteiger partial charge < -0.3 is 4.90 Å². The molecule has 90 valence electrons. The Labute approximate surface area is 97.0 Å². The lowest BCUT2D eigenvalue weighted by Crippen LogP contribution is -2.31. The van der Waals surface area contributed by atoms with Crippen LogP contribution in [0.5, 0.6) is 0 Å². The lowest BCUT2D eigenvalue weighted by atomic mass is 10.0. The fourth-order valence-corrected chi connectivity index (χ4v) is 1.68. The molecule has 0 radical (unpaired) electrons. The summed E-state index contributed by atoms with van der Waals surface area (Å²) in [4.78, 5) is 10.4. The molecule has 1 rings (SSSR count). The van der Waals surface area contributed by atoms with E-state index in [0.29, 0.717) is 17.9 Å². The van der Waals surface area contributed by atoms with E-state index < -0.39 is 0 Å². The molecule has 16 heavy (non-hydrogen) atoms. The van der Waals surface area contributed by atoms with Crippen LogP contribution in [-0.4, -0.2) is 23.1 Å². The highest BCUT2D eigenvalue weighted by atomic mass is 15.3. The molecule has 1 atom stereocenters. The zero-order valence-electron chi connectivity index (χ0n) is 10.4. The van der Waals surface area contributed by atoms with E-state index in [1.165, 1.54) is 0 Å². The number of aromatic nitrogens is 2. The number of nitrogens with two attached hydrogens (primary N) is 1. The van der Waals surface area contributed by atoms with Gasteiger partial charge >= 0.3 is 0 Å². The summed E-state index contributed by atoms with van der Waals surface area (Å²) in [5.74, 6) is 7.29. The number of hydrogen-bond donors (Lipinski definition) is 2. The second kappa shape index (κ2) is 5.65. The van der Waals surface area contributed by atoms with Crippen LogP contribution in [-0.2, 0) is 0 Å². The molecule has 0 spiro atoms. The number of nitrogen functional groups attached to an aromatic ring is 1. The number of nitrogens with zero attached hydrogens (tertiary/aromatic N) is 3. The standard InChI is InChI=1S/C11H21N5/c1-8(2)7-9(3)16(4)10-5-6-13-11(14-10)15-12/h5-6,8-9H,7,12H2,1-4H3,(H,13,14,15). The van der Waals surface area contributed by atoms with E-state index in [0.717, 1.165) is 12.2 Å². The Morgan fingerprint density at radius 3 is 2.69 bits per heavy atom. The van der Waals surface area contributed by atoms with Gasteiger partial charge in [0.25, 0.3) is 0 Å². The summed E-state index contributed by atoms with van der Waals surface area (Å²) in [7, 11) is 2.04. The van der Waals surface area contributed by atoms with Crippen molar-refractivity contribution in [3.05, 3.63) is 12.3 Å². The topological polar surface area (TPSA) is 67.1 Å². The van der Waals surface area contributed by atoms with Crippen molar-refractivity contribution in [2.75, 3.05) is 17.4 Å². The van der Waals surface area contributed by atoms with E-state index >= 15 is 0 Å². The molecule has 3 N–H and O–H groups in total. The Balaban J connectivity index is 2.74. The maximum Gasteiger partial charge on any atom is 0.239 e. The molecular formula is C11H21N5. The first-order chi connectivity index (χ1) is 7.54. The minimum Gasteiger partial charge on any atom is -0.357 e. The van der Waals surface area contributed by atoms with Crippen molar-refractivity contribution >= 4 is 11.8 Å². The van der Waals surface area contributed by atoms with Crippen LogP contribution in [0.25, 0.3) is 0 Å². The summed E-state index contributed by atoms with van der Waals surface area (Å²) in [5.41, 5.74) is 2.45. The molecular weight excluding hydrogens is 202 g/mol. The predicted molar refractivity (Wildman–Crippen MR) is 67.2 cm³/mol. The van der Waals surface area contributed by atoms with Crippen molar-refractivity contribution in [2.45, 2.75) is 33.2 Å². The first kappa shape index (κ1) is 12.7. The highest BCUT2D eigenvalue weighted by Gasteiger charge is 2.13. The monoisotopic (exact) mass is 223 g/mol. The van der Waals surface area contributed by atoms with Crippen LogP contribution in [0, 0.1) is 5.92 Å². The van der Waals surface area contributed by atoms with Crippen LogP contribution in [0.1, 0.15) is 27.2 Å². The minimum atomic E-state index is 0.445. The van der Waals surface area contributed by atoms with Crippen LogP contribution in [0.15, 0.2) is 12.3 Å². The lowest BCUT2D eigenvalue weighted by molar-refractivity contribution is 0.502. The van der Waals surface area contributed by atoms with Gasteiger partial charge in [0.2, 0.25) is 5.95 Å². The van der Waals surface area contributed by atoms with Crippen molar-refractivity contribution in [3.63, 3.8) is 0 Å². The van der Waals surface area contributed by atoms with Gasteiger partial charge in [0.1, 0.15) is 5.82 Å². The average molecular weight is 223 g/mol. The summed E-state index contributed by atoms with van der Waals surface area (Å²) in [6.07, 6.45) is 2.84. The summed E-state index contributed by atoms with van der Waals surface area (Å²) < 4.78 is 0. The molecule has 0 fully saturated rings. The van der Waals surface area contributed by atoms with E-state index in [1.54, 1.807) is 6.20 Å². The Bertz CT molecular complexity index is 326. The Hall–Kier alpha value is -1.36. The van der Waals surface area contributed by atoms with Gasteiger partial charge in [-0.05, 0) is 25.3 Å². The predicted octanol–water partition coefficient (Wildman–Crippen LogP) is 1.63. The second-order valence-electron chi connectivity index (χ2n) is 4.47. The molecule has 0 aliphatic heterocycles. The molecule has 1 aromatic rings. The quantitative estimate of drug-likeness (QED) is 0.586. The summed E-state index contributed by atoms with van der Waals surface area (Å²) in [6, 6.07) is 2.33. The van der Waals surface area contributed by atoms with Gasteiger partial charge in [-0.25, -0.2) is 10.8 Å². The molecule has 0 amide bonds. The molecule has 1 heterocycles. The van der Waals surface area contributed by atoms with Crippen molar-refractivity contribution in [1.82, 2.24) is 9.97 Å². The van der Waals surface area contributed by atoms with Gasteiger partial charge in [-0.2, -0.15) is 4.98 Å². The molecule has 1 unspecified atom stereocenters. The maximum absolute atomic E-state index is 5.28. The van der Waals surface area contributed by atoms with Crippen LogP contribution in [0.4, 0.5) is 11.8 Å². The van der Waals surface area contributed by atoms with Crippen LogP contribution >= 0.6 is 0 Å². The van der Waals surface area contributed by atoms with E-state index in [2.05, 4.69) is 41.1 Å². The van der Waals surface area contributed by atoms with Crippen molar-refractivity contribution in [1.29, 1.82) is 0 Å². The van der Waals surface area contributed by atoms with E-state index in [4.69, 9.17) is 5.84 Å². The number of hydrazine groups is 1. The molecule has 0 aromatic carbocycles. The van der Waals surface area contributed by atoms with Crippen LogP contribution in [0.3, 0.4) is 0 Å². The Morgan fingerprint density at radius 2 is 2.12 bits per heavy atom.